The molecule has 0 radical (unpaired) electrons. The van der Waals surface area contributed by atoms with Crippen molar-refractivity contribution >= 4 is 18.3 Å². The van der Waals surface area contributed by atoms with Gasteiger partial charge in [0.15, 0.2) is 6.10 Å². The molecule has 4 aromatic carbocycles. The maximum absolute atomic E-state index is 12.7. The van der Waals surface area contributed by atoms with Crippen LogP contribution >= 0.6 is 0 Å². The van der Waals surface area contributed by atoms with Crippen LogP contribution in [0, 0.1) is 0 Å². The topological polar surface area (TPSA) is 118 Å². The molecule has 6 rings (SSSR count). The van der Waals surface area contributed by atoms with Gasteiger partial charge in [-0.3, -0.25) is 0 Å². The molecule has 9 nitrogen and oxygen atoms in total. The van der Waals surface area contributed by atoms with Gasteiger partial charge >= 0.3 is 18.3 Å². The fourth-order valence-corrected chi connectivity index (χ4v) is 5.95. The van der Waals surface area contributed by atoms with Crippen molar-refractivity contribution < 1.29 is 43.2 Å². The van der Waals surface area contributed by atoms with Crippen molar-refractivity contribution in [2.24, 2.45) is 0 Å². The second kappa shape index (κ2) is 13.0. The van der Waals surface area contributed by atoms with Crippen LogP contribution in [0.2, 0.25) is 0 Å². The first-order chi connectivity index (χ1) is 21.5. The Morgan fingerprint density at radius 2 is 0.977 bits per heavy atom. The summed E-state index contributed by atoms with van der Waals surface area (Å²) in [4.78, 5) is 36.2. The van der Waals surface area contributed by atoms with E-state index in [-0.39, 0.29) is 31.7 Å². The maximum atomic E-state index is 12.7. The van der Waals surface area contributed by atoms with Crippen LogP contribution < -0.4 is 0 Å². The predicted octanol–water partition coefficient (Wildman–Crippen LogP) is 6.39. The minimum absolute atomic E-state index is 0.0306. The molecule has 1 atom stereocenters. The zero-order valence-corrected chi connectivity index (χ0v) is 23.7. The minimum Gasteiger partial charge on any atom is -0.480 e. The van der Waals surface area contributed by atoms with Crippen LogP contribution in [-0.2, 0) is 28.5 Å². The van der Waals surface area contributed by atoms with E-state index in [2.05, 4.69) is 0 Å². The van der Waals surface area contributed by atoms with Crippen LogP contribution in [0.3, 0.4) is 0 Å². The molecule has 0 fully saturated rings. The summed E-state index contributed by atoms with van der Waals surface area (Å²) >= 11 is 0. The molecule has 0 spiro atoms. The molecule has 224 valence electrons. The number of carbonyl (C=O) groups excluding carboxylic acids is 2. The number of carbonyl (C=O) groups is 3. The molecule has 1 N–H and O–H groups in total. The molecule has 0 saturated heterocycles. The Morgan fingerprint density at radius 3 is 1.41 bits per heavy atom. The summed E-state index contributed by atoms with van der Waals surface area (Å²) in [5.74, 6) is -1.52. The van der Waals surface area contributed by atoms with Crippen molar-refractivity contribution in [1.29, 1.82) is 0 Å². The van der Waals surface area contributed by atoms with Gasteiger partial charge in [0.1, 0.15) is 26.4 Å². The van der Waals surface area contributed by atoms with Gasteiger partial charge in [0.2, 0.25) is 0 Å². The molecular formula is C35H30O9. The molecule has 1 unspecified atom stereocenters. The van der Waals surface area contributed by atoms with E-state index in [9.17, 15) is 14.4 Å². The van der Waals surface area contributed by atoms with Crippen molar-refractivity contribution in [2.45, 2.75) is 17.9 Å². The van der Waals surface area contributed by atoms with E-state index in [1.54, 1.807) is 0 Å². The van der Waals surface area contributed by atoms with E-state index >= 15 is 0 Å². The SMILES string of the molecule is O=C(O)COCC(COC(=O)OCC1c2ccccc2-c2ccccc21)OC(=O)OCC1c2ccccc2-c2ccccc21. The predicted molar refractivity (Wildman–Crippen MR) is 159 cm³/mol. The molecule has 0 saturated carbocycles. The third-order valence-corrected chi connectivity index (χ3v) is 7.84. The second-order valence-corrected chi connectivity index (χ2v) is 10.5. The summed E-state index contributed by atoms with van der Waals surface area (Å²) < 4.78 is 26.7. The number of aliphatic carboxylic acids is 1. The van der Waals surface area contributed by atoms with Crippen molar-refractivity contribution in [1.82, 2.24) is 0 Å². The molecule has 0 aromatic heterocycles. The van der Waals surface area contributed by atoms with Gasteiger partial charge in [-0.15, -0.1) is 0 Å². The number of hydrogen-bond donors (Lipinski definition) is 1. The smallest absolute Gasteiger partial charge is 0.480 e. The molecule has 0 aliphatic heterocycles. The fourth-order valence-electron chi connectivity index (χ4n) is 5.95. The third-order valence-electron chi connectivity index (χ3n) is 7.84. The Bertz CT molecular complexity index is 1590. The molecule has 44 heavy (non-hydrogen) atoms. The Balaban J connectivity index is 1.04. The largest absolute Gasteiger partial charge is 0.508 e. The van der Waals surface area contributed by atoms with Gasteiger partial charge in [0, 0.05) is 11.8 Å². The first-order valence-electron chi connectivity index (χ1n) is 14.3. The van der Waals surface area contributed by atoms with E-state index in [0.29, 0.717) is 0 Å². The molecular weight excluding hydrogens is 564 g/mol. The first kappa shape index (κ1) is 28.9. The summed E-state index contributed by atoms with van der Waals surface area (Å²) in [6, 6.07) is 31.8. The second-order valence-electron chi connectivity index (χ2n) is 10.5. The number of hydrogen-bond acceptors (Lipinski definition) is 8. The minimum atomic E-state index is -1.19. The zero-order chi connectivity index (χ0) is 30.5. The lowest BCUT2D eigenvalue weighted by molar-refractivity contribution is -0.143. The number of benzene rings is 4. The van der Waals surface area contributed by atoms with Crippen molar-refractivity contribution in [3.05, 3.63) is 119 Å². The third kappa shape index (κ3) is 6.14. The van der Waals surface area contributed by atoms with Gasteiger partial charge in [0.25, 0.3) is 0 Å². The highest BCUT2D eigenvalue weighted by Crippen LogP contribution is 2.45. The highest BCUT2D eigenvalue weighted by Gasteiger charge is 2.31. The van der Waals surface area contributed by atoms with Crippen LogP contribution in [-0.4, -0.2) is 62.5 Å². The molecule has 0 amide bonds. The average Bonchev–Trinajstić information content (AvgIpc) is 3.54. The van der Waals surface area contributed by atoms with Gasteiger partial charge in [-0.25, -0.2) is 14.4 Å². The summed E-state index contributed by atoms with van der Waals surface area (Å²) in [7, 11) is 0. The fraction of sp³-hybridized carbons (Fsp3) is 0.229. The molecule has 0 heterocycles. The Morgan fingerprint density at radius 1 is 0.568 bits per heavy atom. The Labute approximate surface area is 253 Å². The lowest BCUT2D eigenvalue weighted by Crippen LogP contribution is -2.31. The number of ether oxygens (including phenoxy) is 5. The molecule has 9 heteroatoms. The zero-order valence-electron chi connectivity index (χ0n) is 23.7. The quantitative estimate of drug-likeness (QED) is 0.197. The summed E-state index contributed by atoms with van der Waals surface area (Å²) in [6.07, 6.45) is -3.07. The summed E-state index contributed by atoms with van der Waals surface area (Å²) in [5.41, 5.74) is 8.56. The highest BCUT2D eigenvalue weighted by molar-refractivity contribution is 5.80. The average molecular weight is 595 g/mol. The van der Waals surface area contributed by atoms with Crippen LogP contribution in [0.4, 0.5) is 9.59 Å². The standard InChI is InChI=1S/C35H30O9/c36-33(37)21-40-17-22(44-35(39)43-20-32-29-15-7-3-11-25(29)26-12-4-8-16-30(26)32)18-41-34(38)42-19-31-27-13-5-1-9-23(27)24-10-2-6-14-28(24)31/h1-16,22,31-32H,17-21H2,(H,36,37). The van der Waals surface area contributed by atoms with Crippen LogP contribution in [0.15, 0.2) is 97.1 Å². The highest BCUT2D eigenvalue weighted by atomic mass is 16.8. The van der Waals surface area contributed by atoms with Crippen molar-refractivity contribution in [2.75, 3.05) is 33.0 Å². The van der Waals surface area contributed by atoms with E-state index in [4.69, 9.17) is 28.8 Å². The lowest BCUT2D eigenvalue weighted by Gasteiger charge is -2.19. The van der Waals surface area contributed by atoms with Crippen LogP contribution in [0.25, 0.3) is 22.3 Å². The maximum Gasteiger partial charge on any atom is 0.508 e. The Hall–Kier alpha value is -5.15. The number of carboxylic acids is 1. The van der Waals surface area contributed by atoms with Crippen LogP contribution in [0.5, 0.6) is 0 Å². The molecule has 2 aliphatic rings. The van der Waals surface area contributed by atoms with Crippen molar-refractivity contribution in [3.63, 3.8) is 0 Å². The first-order valence-corrected chi connectivity index (χ1v) is 14.3. The van der Waals surface area contributed by atoms with Crippen LogP contribution in [0.1, 0.15) is 34.1 Å². The van der Waals surface area contributed by atoms with E-state index in [1.807, 2.05) is 97.1 Å². The normalized spacial score (nSPS) is 13.6. The number of fused-ring (bicyclic) bond motifs is 6. The van der Waals surface area contributed by atoms with E-state index in [0.717, 1.165) is 44.5 Å². The summed E-state index contributed by atoms with van der Waals surface area (Å²) in [5, 5.41) is 8.94. The number of rotatable bonds is 11. The van der Waals surface area contributed by atoms with Gasteiger partial charge in [-0.1, -0.05) is 97.1 Å². The molecule has 0 bridgehead atoms. The monoisotopic (exact) mass is 594 g/mol. The Kier molecular flexibility index (Phi) is 8.56. The van der Waals surface area contributed by atoms with Gasteiger partial charge < -0.3 is 28.8 Å². The van der Waals surface area contributed by atoms with E-state index < -0.39 is 37.6 Å². The molecule has 2 aliphatic carbocycles. The summed E-state index contributed by atoms with van der Waals surface area (Å²) in [6.45, 7) is -1.27. The van der Waals surface area contributed by atoms with Gasteiger partial charge in [-0.2, -0.15) is 0 Å². The molecule has 4 aromatic rings. The van der Waals surface area contributed by atoms with Gasteiger partial charge in [0.05, 0.1) is 6.61 Å². The van der Waals surface area contributed by atoms with Gasteiger partial charge in [-0.05, 0) is 44.5 Å². The van der Waals surface area contributed by atoms with Crippen molar-refractivity contribution in [3.8, 4) is 22.3 Å². The van der Waals surface area contributed by atoms with E-state index in [1.165, 1.54) is 0 Å². The lowest BCUT2D eigenvalue weighted by atomic mass is 9.98. The number of carboxylic acid groups (broad SMARTS) is 1.